The van der Waals surface area contributed by atoms with Crippen LogP contribution in [0.25, 0.3) is 0 Å². The van der Waals surface area contributed by atoms with Crippen molar-refractivity contribution < 1.29 is 14.0 Å². The molecule has 3 aromatic rings. The van der Waals surface area contributed by atoms with Crippen molar-refractivity contribution in [3.8, 4) is 0 Å². The highest BCUT2D eigenvalue weighted by Crippen LogP contribution is 2.30. The van der Waals surface area contributed by atoms with Gasteiger partial charge in [-0.05, 0) is 53.4 Å². The zero-order valence-corrected chi connectivity index (χ0v) is 15.9. The van der Waals surface area contributed by atoms with Crippen LogP contribution in [0.15, 0.2) is 72.8 Å². The molecule has 0 unspecified atom stereocenters. The molecule has 1 aliphatic heterocycles. The van der Waals surface area contributed by atoms with Crippen LogP contribution in [0.1, 0.15) is 27.0 Å². The van der Waals surface area contributed by atoms with Crippen molar-refractivity contribution in [2.45, 2.75) is 19.4 Å². The van der Waals surface area contributed by atoms with Crippen molar-refractivity contribution in [3.63, 3.8) is 0 Å². The van der Waals surface area contributed by atoms with E-state index in [9.17, 15) is 14.0 Å². The zero-order chi connectivity index (χ0) is 20.2. The summed E-state index contributed by atoms with van der Waals surface area (Å²) in [5, 5.41) is 2.89. The van der Waals surface area contributed by atoms with Crippen LogP contribution in [0.2, 0.25) is 0 Å². The van der Waals surface area contributed by atoms with E-state index in [4.69, 9.17) is 0 Å². The van der Waals surface area contributed by atoms with Gasteiger partial charge in [-0.1, -0.05) is 42.5 Å². The third-order valence-corrected chi connectivity index (χ3v) is 5.08. The van der Waals surface area contributed by atoms with Crippen LogP contribution >= 0.6 is 0 Å². The molecule has 0 saturated carbocycles. The lowest BCUT2D eigenvalue weighted by Gasteiger charge is -2.18. The van der Waals surface area contributed by atoms with Gasteiger partial charge in [0.05, 0.1) is 6.42 Å². The van der Waals surface area contributed by atoms with Gasteiger partial charge in [0.1, 0.15) is 5.82 Å². The quantitative estimate of drug-likeness (QED) is 0.721. The molecule has 2 amide bonds. The third-order valence-electron chi connectivity index (χ3n) is 5.08. The molecule has 4 rings (SSSR count). The van der Waals surface area contributed by atoms with Gasteiger partial charge in [-0.2, -0.15) is 0 Å². The molecule has 0 aromatic heterocycles. The van der Waals surface area contributed by atoms with Crippen molar-refractivity contribution in [2.75, 3.05) is 11.4 Å². The number of halogens is 1. The molecule has 0 spiro atoms. The van der Waals surface area contributed by atoms with Crippen molar-refractivity contribution in [2.24, 2.45) is 0 Å². The number of nitrogens with zero attached hydrogens (tertiary/aromatic N) is 1. The van der Waals surface area contributed by atoms with E-state index in [0.717, 1.165) is 28.8 Å². The minimum Gasteiger partial charge on any atom is -0.352 e. The highest BCUT2D eigenvalue weighted by molar-refractivity contribution is 6.07. The fourth-order valence-electron chi connectivity index (χ4n) is 3.53. The second-order valence-electron chi connectivity index (χ2n) is 7.12. The highest BCUT2D eigenvalue weighted by Gasteiger charge is 2.25. The summed E-state index contributed by atoms with van der Waals surface area (Å²) in [6, 6.07) is 21.1. The Kier molecular flexibility index (Phi) is 5.38. The number of fused-ring (bicyclic) bond motifs is 1. The molecule has 0 saturated heterocycles. The van der Waals surface area contributed by atoms with Gasteiger partial charge in [0, 0.05) is 24.3 Å². The minimum atomic E-state index is -0.318. The standard InChI is InChI=1S/C24H21FN2O2/c25-21-10-7-17(8-11-21)15-23(28)26-16-18-6-9-19-12-13-27(22(19)14-18)24(29)20-4-2-1-3-5-20/h1-11,14H,12-13,15-16H2,(H,26,28). The summed E-state index contributed by atoms with van der Waals surface area (Å²) >= 11 is 0. The number of benzene rings is 3. The summed E-state index contributed by atoms with van der Waals surface area (Å²) < 4.78 is 13.0. The van der Waals surface area contributed by atoms with E-state index in [2.05, 4.69) is 5.32 Å². The second-order valence-corrected chi connectivity index (χ2v) is 7.12. The lowest BCUT2D eigenvalue weighted by atomic mass is 10.1. The number of hydrogen-bond acceptors (Lipinski definition) is 2. The Morgan fingerprint density at radius 1 is 0.931 bits per heavy atom. The van der Waals surface area contributed by atoms with Gasteiger partial charge in [-0.25, -0.2) is 4.39 Å². The van der Waals surface area contributed by atoms with Crippen molar-refractivity contribution in [3.05, 3.63) is 101 Å². The molecular weight excluding hydrogens is 367 g/mol. The highest BCUT2D eigenvalue weighted by atomic mass is 19.1. The molecule has 1 heterocycles. The summed E-state index contributed by atoms with van der Waals surface area (Å²) in [6.45, 7) is 1.03. The number of carbonyl (C=O) groups excluding carboxylic acids is 2. The first-order valence-electron chi connectivity index (χ1n) is 9.60. The molecule has 1 N–H and O–H groups in total. The first-order chi connectivity index (χ1) is 14.1. The summed E-state index contributed by atoms with van der Waals surface area (Å²) in [7, 11) is 0. The molecule has 29 heavy (non-hydrogen) atoms. The van der Waals surface area contributed by atoms with Crippen molar-refractivity contribution in [1.82, 2.24) is 5.32 Å². The van der Waals surface area contributed by atoms with Crippen LogP contribution in [0, 0.1) is 5.82 Å². The van der Waals surface area contributed by atoms with Crippen LogP contribution in [0.5, 0.6) is 0 Å². The zero-order valence-electron chi connectivity index (χ0n) is 15.9. The summed E-state index contributed by atoms with van der Waals surface area (Å²) in [5.74, 6) is -0.460. The average molecular weight is 388 g/mol. The van der Waals surface area contributed by atoms with E-state index >= 15 is 0 Å². The largest absolute Gasteiger partial charge is 0.352 e. The van der Waals surface area contributed by atoms with E-state index in [1.165, 1.54) is 12.1 Å². The molecule has 5 heteroatoms. The number of nitrogens with one attached hydrogen (secondary N) is 1. The van der Waals surface area contributed by atoms with Gasteiger partial charge in [-0.15, -0.1) is 0 Å². The van der Waals surface area contributed by atoms with E-state index in [0.29, 0.717) is 18.7 Å². The molecule has 3 aromatic carbocycles. The fraction of sp³-hybridized carbons (Fsp3) is 0.167. The predicted octanol–water partition coefficient (Wildman–Crippen LogP) is 3.89. The molecule has 0 bridgehead atoms. The van der Waals surface area contributed by atoms with Crippen LogP contribution in [0.4, 0.5) is 10.1 Å². The van der Waals surface area contributed by atoms with E-state index in [-0.39, 0.29) is 24.1 Å². The maximum absolute atomic E-state index is 13.0. The Bertz CT molecular complexity index is 1030. The monoisotopic (exact) mass is 388 g/mol. The number of rotatable bonds is 5. The van der Waals surface area contributed by atoms with Crippen LogP contribution in [-0.2, 0) is 24.2 Å². The van der Waals surface area contributed by atoms with E-state index in [1.54, 1.807) is 17.0 Å². The van der Waals surface area contributed by atoms with Gasteiger partial charge in [-0.3, -0.25) is 9.59 Å². The lowest BCUT2D eigenvalue weighted by Crippen LogP contribution is -2.29. The topological polar surface area (TPSA) is 49.4 Å². The van der Waals surface area contributed by atoms with Gasteiger partial charge >= 0.3 is 0 Å². The first-order valence-corrected chi connectivity index (χ1v) is 9.60. The molecule has 0 aliphatic carbocycles. The number of amides is 2. The normalized spacial score (nSPS) is 12.5. The Labute approximate surface area is 169 Å². The van der Waals surface area contributed by atoms with Crippen molar-refractivity contribution >= 4 is 17.5 Å². The number of anilines is 1. The fourth-order valence-corrected chi connectivity index (χ4v) is 3.53. The minimum absolute atomic E-state index is 0.0122. The van der Waals surface area contributed by atoms with Crippen LogP contribution in [-0.4, -0.2) is 18.4 Å². The SMILES string of the molecule is O=C(Cc1ccc(F)cc1)NCc1ccc2c(c1)N(C(=O)c1ccccc1)CC2. The van der Waals surface area contributed by atoms with Gasteiger partial charge in [0.25, 0.3) is 5.91 Å². The molecule has 0 fully saturated rings. The number of hydrogen-bond donors (Lipinski definition) is 1. The third kappa shape index (κ3) is 4.35. The van der Waals surface area contributed by atoms with E-state index < -0.39 is 0 Å². The Hall–Kier alpha value is -3.47. The maximum Gasteiger partial charge on any atom is 0.258 e. The first kappa shape index (κ1) is 18.9. The Morgan fingerprint density at radius 3 is 2.41 bits per heavy atom. The van der Waals surface area contributed by atoms with E-state index in [1.807, 2.05) is 48.5 Å². The summed E-state index contributed by atoms with van der Waals surface area (Å²) in [6.07, 6.45) is 1.02. The molecule has 1 aliphatic rings. The molecule has 146 valence electrons. The molecule has 0 atom stereocenters. The summed E-state index contributed by atoms with van der Waals surface area (Å²) in [5.41, 5.74) is 4.40. The summed E-state index contributed by atoms with van der Waals surface area (Å²) in [4.78, 5) is 26.8. The van der Waals surface area contributed by atoms with Crippen LogP contribution < -0.4 is 10.2 Å². The maximum atomic E-state index is 13.0. The molecule has 4 nitrogen and oxygen atoms in total. The molecule has 0 radical (unpaired) electrons. The van der Waals surface area contributed by atoms with Gasteiger partial charge in [0.2, 0.25) is 5.91 Å². The Balaban J connectivity index is 1.42. The predicted molar refractivity (Wildman–Crippen MR) is 110 cm³/mol. The Morgan fingerprint density at radius 2 is 1.66 bits per heavy atom. The number of carbonyl (C=O) groups is 2. The van der Waals surface area contributed by atoms with Crippen LogP contribution in [0.3, 0.4) is 0 Å². The second kappa shape index (κ2) is 8.27. The van der Waals surface area contributed by atoms with Gasteiger partial charge < -0.3 is 10.2 Å². The smallest absolute Gasteiger partial charge is 0.258 e. The van der Waals surface area contributed by atoms with Gasteiger partial charge in [0.15, 0.2) is 0 Å². The molecular formula is C24H21FN2O2. The average Bonchev–Trinajstić information content (AvgIpc) is 3.17. The van der Waals surface area contributed by atoms with Crippen molar-refractivity contribution in [1.29, 1.82) is 0 Å². The lowest BCUT2D eigenvalue weighted by molar-refractivity contribution is -0.120.